The van der Waals surface area contributed by atoms with Crippen molar-refractivity contribution >= 4 is 12.0 Å². The van der Waals surface area contributed by atoms with Crippen molar-refractivity contribution in [3.8, 4) is 0 Å². The van der Waals surface area contributed by atoms with Gasteiger partial charge < -0.3 is 4.90 Å². The highest BCUT2D eigenvalue weighted by molar-refractivity contribution is 5.85. The first-order valence-electron chi connectivity index (χ1n) is 11.1. The molecule has 0 aliphatic carbocycles. The first-order valence-corrected chi connectivity index (χ1v) is 11.1. The summed E-state index contributed by atoms with van der Waals surface area (Å²) >= 11 is 0. The first kappa shape index (κ1) is 34.5. The largest absolute Gasteiger partial charge is 0.392 e. The van der Waals surface area contributed by atoms with E-state index in [1.54, 1.807) is 42.5 Å². The van der Waals surface area contributed by atoms with Crippen LogP contribution >= 0.6 is 0 Å². The Labute approximate surface area is 220 Å². The number of carbonyl (C=O) groups is 1. The maximum absolute atomic E-state index is 14.3. The number of alkyl halides is 16. The number of amides is 1. The van der Waals surface area contributed by atoms with E-state index in [1.165, 1.54) is 4.90 Å². The van der Waals surface area contributed by atoms with E-state index in [2.05, 4.69) is 0 Å². The molecule has 234 valence electrons. The zero-order valence-electron chi connectivity index (χ0n) is 20.0. The Hall–Kier alpha value is -2.73. The summed E-state index contributed by atoms with van der Waals surface area (Å²) in [7, 11) is 0. The zero-order valence-corrected chi connectivity index (χ0v) is 20.0. The predicted molar refractivity (Wildman–Crippen MR) is 109 cm³/mol. The van der Waals surface area contributed by atoms with Crippen LogP contribution in [0.3, 0.4) is 0 Å². The average Bonchev–Trinajstić information content (AvgIpc) is 2.88. The molecular weight excluding hydrogens is 612 g/mol. The molecule has 0 radical (unpaired) electrons. The fourth-order valence-electron chi connectivity index (χ4n) is 3.50. The van der Waals surface area contributed by atoms with Crippen molar-refractivity contribution in [3.63, 3.8) is 0 Å². The number of hydrogen-bond donors (Lipinski definition) is 0. The lowest BCUT2D eigenvalue weighted by Crippen LogP contribution is -2.75. The van der Waals surface area contributed by atoms with Gasteiger partial charge in [-0.2, -0.15) is 61.5 Å². The molecule has 41 heavy (non-hydrogen) atoms. The number of benzene rings is 1. The molecule has 0 spiro atoms. The number of nitrogens with zero attached hydrogens (tertiary/aromatic N) is 2. The molecule has 1 aliphatic rings. The minimum absolute atomic E-state index is 0.0975. The van der Waals surface area contributed by atoms with Crippen LogP contribution in [0.15, 0.2) is 36.4 Å². The van der Waals surface area contributed by atoms with E-state index >= 15 is 0 Å². The molecule has 0 N–H and O–H groups in total. The van der Waals surface area contributed by atoms with Crippen LogP contribution in [-0.2, 0) is 4.79 Å². The standard InChI is InChI=1S/C22H18F16N2O/c23-14(24)16(25,26)18(29,30)20(33,34)22(37,38)21(35,36)19(31,32)17(27,28)15(41)40-11-9-39(10-12-40)8-4-7-13-5-2-1-3-6-13/h1-7,14H,8-12H2/b7-4+. The highest BCUT2D eigenvalue weighted by atomic mass is 19.4. The highest BCUT2D eigenvalue weighted by Gasteiger charge is 2.94. The van der Waals surface area contributed by atoms with Gasteiger partial charge in [0.15, 0.2) is 0 Å². The third-order valence-electron chi connectivity index (χ3n) is 6.07. The number of rotatable bonds is 11. The molecule has 1 fully saturated rings. The Morgan fingerprint density at radius 3 is 1.59 bits per heavy atom. The Kier molecular flexibility index (Phi) is 9.39. The van der Waals surface area contributed by atoms with Crippen LogP contribution in [0.25, 0.3) is 6.08 Å². The van der Waals surface area contributed by atoms with Gasteiger partial charge in [0.2, 0.25) is 0 Å². The second kappa shape index (κ2) is 11.2. The first-order chi connectivity index (χ1) is 18.4. The van der Waals surface area contributed by atoms with Gasteiger partial charge in [0.25, 0.3) is 5.91 Å². The lowest BCUT2D eigenvalue weighted by molar-refractivity contribution is -0.444. The van der Waals surface area contributed by atoms with E-state index < -0.39 is 66.9 Å². The van der Waals surface area contributed by atoms with Gasteiger partial charge in [-0.05, 0) is 5.56 Å². The van der Waals surface area contributed by atoms with Crippen molar-refractivity contribution in [3.05, 3.63) is 42.0 Å². The maximum atomic E-state index is 14.3. The number of hydrogen-bond acceptors (Lipinski definition) is 2. The van der Waals surface area contributed by atoms with Gasteiger partial charge >= 0.3 is 47.9 Å². The summed E-state index contributed by atoms with van der Waals surface area (Å²) in [6.45, 7) is -2.44. The summed E-state index contributed by atoms with van der Waals surface area (Å²) in [5.74, 6) is -59.3. The van der Waals surface area contributed by atoms with E-state index in [0.717, 1.165) is 5.56 Å². The van der Waals surface area contributed by atoms with Crippen LogP contribution in [0.4, 0.5) is 70.2 Å². The van der Waals surface area contributed by atoms with Gasteiger partial charge in [-0.3, -0.25) is 9.69 Å². The summed E-state index contributed by atoms with van der Waals surface area (Å²) in [5, 5.41) is 0. The molecule has 3 nitrogen and oxygen atoms in total. The van der Waals surface area contributed by atoms with E-state index in [0.29, 0.717) is 0 Å². The molecule has 19 heteroatoms. The molecule has 1 amide bonds. The molecule has 0 bridgehead atoms. The van der Waals surface area contributed by atoms with Gasteiger partial charge in [0.05, 0.1) is 0 Å². The van der Waals surface area contributed by atoms with Crippen molar-refractivity contribution in [2.24, 2.45) is 0 Å². The SMILES string of the molecule is O=C(N1CCN(C/C=C/c2ccccc2)CC1)C(F)(F)C(F)(F)C(F)(F)C(F)(F)C(F)(F)C(F)(F)C(F)(F)C(F)F. The molecule has 0 atom stereocenters. The second-order valence-corrected chi connectivity index (χ2v) is 8.78. The molecular formula is C22H18F16N2O. The molecule has 1 heterocycles. The van der Waals surface area contributed by atoms with Gasteiger partial charge in [-0.1, -0.05) is 42.5 Å². The van der Waals surface area contributed by atoms with Gasteiger partial charge in [0, 0.05) is 32.7 Å². The summed E-state index contributed by atoms with van der Waals surface area (Å²) in [4.78, 5) is 13.2. The molecule has 1 aromatic rings. The molecule has 1 aromatic carbocycles. The van der Waals surface area contributed by atoms with Crippen LogP contribution < -0.4 is 0 Å². The Bertz CT molecular complexity index is 1080. The lowest BCUT2D eigenvalue weighted by atomic mass is 9.89. The topological polar surface area (TPSA) is 23.6 Å². The molecule has 0 aromatic heterocycles. The third-order valence-corrected chi connectivity index (χ3v) is 6.07. The molecule has 1 aliphatic heterocycles. The molecule has 1 saturated heterocycles. The normalized spacial score (nSPS) is 17.5. The Balaban J connectivity index is 2.25. The summed E-state index contributed by atoms with van der Waals surface area (Å²) < 4.78 is 216. The Morgan fingerprint density at radius 2 is 1.12 bits per heavy atom. The average molecular weight is 630 g/mol. The van der Waals surface area contributed by atoms with Crippen molar-refractivity contribution in [2.75, 3.05) is 32.7 Å². The van der Waals surface area contributed by atoms with Crippen LogP contribution in [0.5, 0.6) is 0 Å². The van der Waals surface area contributed by atoms with E-state index in [4.69, 9.17) is 0 Å². The van der Waals surface area contributed by atoms with Crippen LogP contribution in [0.2, 0.25) is 0 Å². The van der Waals surface area contributed by atoms with Gasteiger partial charge in [-0.15, -0.1) is 0 Å². The van der Waals surface area contributed by atoms with Gasteiger partial charge in [-0.25, -0.2) is 8.78 Å². The Morgan fingerprint density at radius 1 is 0.683 bits per heavy atom. The van der Waals surface area contributed by atoms with Crippen LogP contribution in [0, 0.1) is 0 Å². The summed E-state index contributed by atoms with van der Waals surface area (Å²) in [6, 6.07) is 8.53. The van der Waals surface area contributed by atoms with E-state index in [-0.39, 0.29) is 24.5 Å². The number of piperazine rings is 1. The number of carbonyl (C=O) groups excluding carboxylic acids is 1. The van der Waals surface area contributed by atoms with Crippen molar-refractivity contribution in [2.45, 2.75) is 47.9 Å². The predicted octanol–water partition coefficient (Wildman–Crippen LogP) is 6.56. The third kappa shape index (κ3) is 5.57. The molecule has 2 rings (SSSR count). The summed E-state index contributed by atoms with van der Waals surface area (Å²) in [6.07, 6.45) is -2.74. The fraction of sp³-hybridized carbons (Fsp3) is 0.591. The van der Waals surface area contributed by atoms with Crippen molar-refractivity contribution < 1.29 is 75.0 Å². The lowest BCUT2D eigenvalue weighted by Gasteiger charge is -2.43. The second-order valence-electron chi connectivity index (χ2n) is 8.78. The summed E-state index contributed by atoms with van der Waals surface area (Å²) in [5.41, 5.74) is 0.738. The van der Waals surface area contributed by atoms with Gasteiger partial charge in [0.1, 0.15) is 0 Å². The van der Waals surface area contributed by atoms with Crippen LogP contribution in [-0.4, -0.2) is 96.3 Å². The fourth-order valence-corrected chi connectivity index (χ4v) is 3.50. The van der Waals surface area contributed by atoms with Crippen molar-refractivity contribution in [1.29, 1.82) is 0 Å². The smallest absolute Gasteiger partial charge is 0.335 e. The van der Waals surface area contributed by atoms with E-state index in [1.807, 2.05) is 0 Å². The van der Waals surface area contributed by atoms with Crippen LogP contribution in [0.1, 0.15) is 5.56 Å². The number of halogens is 16. The van der Waals surface area contributed by atoms with Crippen molar-refractivity contribution in [1.82, 2.24) is 9.80 Å². The monoisotopic (exact) mass is 630 g/mol. The minimum Gasteiger partial charge on any atom is -0.335 e. The zero-order chi connectivity index (χ0) is 31.9. The minimum atomic E-state index is -8.53. The maximum Gasteiger partial charge on any atom is 0.392 e. The molecule has 0 saturated carbocycles. The highest BCUT2D eigenvalue weighted by Crippen LogP contribution is 2.62. The quantitative estimate of drug-likeness (QED) is 0.259. The van der Waals surface area contributed by atoms with E-state index in [9.17, 15) is 75.0 Å². The molecule has 0 unspecified atom stereocenters.